The van der Waals surface area contributed by atoms with Gasteiger partial charge in [0, 0.05) is 0 Å². The van der Waals surface area contributed by atoms with Crippen LogP contribution in [0.3, 0.4) is 0 Å². The molecule has 19 heavy (non-hydrogen) atoms. The van der Waals surface area contributed by atoms with E-state index in [0.717, 1.165) is 0 Å². The molecule has 0 unspecified atom stereocenters. The summed E-state index contributed by atoms with van der Waals surface area (Å²) in [6.07, 6.45) is 0. The Hall–Kier alpha value is 0.150. The predicted molar refractivity (Wildman–Crippen MR) is 68.8 cm³/mol. The maximum Gasteiger partial charge on any atom is 0.146 e. The summed E-state index contributed by atoms with van der Waals surface area (Å²) in [4.78, 5) is 0. The van der Waals surface area contributed by atoms with Crippen molar-refractivity contribution in [1.82, 2.24) is 0 Å². The molecule has 0 aromatic rings. The summed E-state index contributed by atoms with van der Waals surface area (Å²) in [5.41, 5.74) is -3.36. The topological polar surface area (TPSA) is 165 Å². The molecule has 0 radical (unpaired) electrons. The van der Waals surface area contributed by atoms with E-state index in [1.165, 1.54) is 0 Å². The van der Waals surface area contributed by atoms with Gasteiger partial charge in [-0.15, -0.1) is 0 Å². The normalized spacial score (nSPS) is 33.7. The van der Waals surface area contributed by atoms with E-state index in [2.05, 4.69) is 8.25 Å². The van der Waals surface area contributed by atoms with Crippen molar-refractivity contribution in [3.63, 3.8) is 0 Å². The fourth-order valence-corrected chi connectivity index (χ4v) is 24.2. The second-order valence-electron chi connectivity index (χ2n) is 4.33. The third-order valence-electron chi connectivity index (χ3n) is 2.20. The molecule has 0 amide bonds. The standard InChI is InChI=1S/C4H8N2O8PS4/c7-16(8)1-15(2-17(9,10)5-16)3-18(11,12)6-19(13,14)4-15/h1-4H2/q-1. The minimum atomic E-state index is -4.38. The van der Waals surface area contributed by atoms with Crippen LogP contribution in [0.1, 0.15) is 0 Å². The van der Waals surface area contributed by atoms with Gasteiger partial charge in [-0.25, -0.2) is 33.7 Å². The Balaban J connectivity index is 2.59. The van der Waals surface area contributed by atoms with Gasteiger partial charge < -0.3 is 8.25 Å². The Morgan fingerprint density at radius 2 is 0.737 bits per heavy atom. The molecule has 2 saturated heterocycles. The molecular formula is C4H8N2O8PS4-. The average molecular weight is 371 g/mol. The van der Waals surface area contributed by atoms with Crippen LogP contribution < -0.4 is 0 Å². The molecule has 2 aliphatic heterocycles. The van der Waals surface area contributed by atoms with E-state index >= 15 is 0 Å². The van der Waals surface area contributed by atoms with E-state index in [0.29, 0.717) is 0 Å². The number of sulfonamides is 4. The van der Waals surface area contributed by atoms with E-state index in [9.17, 15) is 33.7 Å². The Morgan fingerprint density at radius 3 is 0.947 bits per heavy atom. The number of hydrogen-bond donors (Lipinski definition) is 0. The first-order chi connectivity index (χ1) is 8.24. The zero-order valence-electron chi connectivity index (χ0n) is 9.07. The zero-order chi connectivity index (χ0) is 14.7. The lowest BCUT2D eigenvalue weighted by molar-refractivity contribution is 0.598. The fraction of sp³-hybridized carbons (Fsp3) is 1.00. The predicted octanol–water partition coefficient (Wildman–Crippen LogP) is -1.07. The SMILES string of the molecule is O=S1(=O)C[P+]2(CS(=O)(=O)[N-]1)CS(=O)(=O)[N-]S(=O)(=O)C2. The molecule has 0 aromatic carbocycles. The molecule has 0 atom stereocenters. The maximum absolute atomic E-state index is 11.4. The van der Waals surface area contributed by atoms with Gasteiger partial charge in [-0.3, -0.25) is 0 Å². The van der Waals surface area contributed by atoms with Gasteiger partial charge in [0.15, 0.2) is 0 Å². The van der Waals surface area contributed by atoms with E-state index < -0.39 is 69.3 Å². The Kier molecular flexibility index (Phi) is 3.34. The average Bonchev–Trinajstić information content (AvgIpc) is 1.84. The molecule has 0 aromatic heterocycles. The molecular weight excluding hydrogens is 363 g/mol. The second-order valence-corrected chi connectivity index (χ2v) is 17.0. The largest absolute Gasteiger partial charge is 0.430 e. The van der Waals surface area contributed by atoms with Crippen molar-refractivity contribution in [1.29, 1.82) is 0 Å². The zero-order valence-corrected chi connectivity index (χ0v) is 13.2. The smallest absolute Gasteiger partial charge is 0.146 e. The fourth-order valence-electron chi connectivity index (χ4n) is 2.05. The minimum absolute atomic E-state index is 0.840. The molecule has 0 N–H and O–H groups in total. The summed E-state index contributed by atoms with van der Waals surface area (Å²) in [5, 5.41) is 0. The summed E-state index contributed by atoms with van der Waals surface area (Å²) in [6.45, 7) is 0. The van der Waals surface area contributed by atoms with E-state index in [1.54, 1.807) is 0 Å². The van der Waals surface area contributed by atoms with Crippen LogP contribution in [0.5, 0.6) is 0 Å². The second kappa shape index (κ2) is 4.08. The first-order valence-corrected chi connectivity index (χ1v) is 13.4. The quantitative estimate of drug-likeness (QED) is 0.485. The molecule has 1 spiro atoms. The van der Waals surface area contributed by atoms with Crippen LogP contribution in [-0.4, -0.2) is 55.6 Å². The lowest BCUT2D eigenvalue weighted by Crippen LogP contribution is -2.35. The molecule has 2 fully saturated rings. The molecule has 2 aliphatic rings. The highest BCUT2D eigenvalue weighted by Crippen LogP contribution is 2.68. The first kappa shape index (κ1) is 15.5. The highest BCUT2D eigenvalue weighted by molar-refractivity contribution is 8.30. The van der Waals surface area contributed by atoms with Crippen LogP contribution in [0.2, 0.25) is 0 Å². The van der Waals surface area contributed by atoms with Gasteiger partial charge in [-0.1, -0.05) is 0 Å². The third-order valence-corrected chi connectivity index (χ3v) is 19.8. The molecule has 2 rings (SSSR count). The summed E-state index contributed by atoms with van der Waals surface area (Å²) in [7, 11) is -20.8. The Labute approximate surface area is 111 Å². The van der Waals surface area contributed by atoms with Crippen molar-refractivity contribution < 1.29 is 33.7 Å². The van der Waals surface area contributed by atoms with Gasteiger partial charge in [0.25, 0.3) is 0 Å². The summed E-state index contributed by atoms with van der Waals surface area (Å²) >= 11 is 0. The van der Waals surface area contributed by atoms with Crippen molar-refractivity contribution >= 4 is 47.4 Å². The van der Waals surface area contributed by atoms with Crippen LogP contribution in [-0.2, 0) is 40.1 Å². The van der Waals surface area contributed by atoms with E-state index in [1.807, 2.05) is 0 Å². The van der Waals surface area contributed by atoms with Crippen molar-refractivity contribution in [3.05, 3.63) is 8.25 Å². The first-order valence-electron chi connectivity index (χ1n) is 4.48. The van der Waals surface area contributed by atoms with Gasteiger partial charge in [0.2, 0.25) is 0 Å². The van der Waals surface area contributed by atoms with Crippen LogP contribution in [0.15, 0.2) is 0 Å². The highest BCUT2D eigenvalue weighted by Gasteiger charge is 2.53. The van der Waals surface area contributed by atoms with Gasteiger partial charge in [0.1, 0.15) is 62.1 Å². The minimum Gasteiger partial charge on any atom is -0.430 e. The Morgan fingerprint density at radius 1 is 0.526 bits per heavy atom. The van der Waals surface area contributed by atoms with Crippen molar-refractivity contribution in [2.45, 2.75) is 0 Å². The molecule has 10 nitrogen and oxygen atoms in total. The number of rotatable bonds is 0. The van der Waals surface area contributed by atoms with Gasteiger partial charge in [-0.05, 0) is 0 Å². The highest BCUT2D eigenvalue weighted by atomic mass is 32.3. The van der Waals surface area contributed by atoms with E-state index in [4.69, 9.17) is 0 Å². The molecule has 112 valence electrons. The van der Waals surface area contributed by atoms with Crippen molar-refractivity contribution in [2.75, 3.05) is 22.0 Å². The molecule has 15 heteroatoms. The van der Waals surface area contributed by atoms with Crippen LogP contribution in [0.4, 0.5) is 0 Å². The van der Waals surface area contributed by atoms with E-state index in [-0.39, 0.29) is 0 Å². The van der Waals surface area contributed by atoms with Crippen molar-refractivity contribution in [2.24, 2.45) is 0 Å². The summed E-state index contributed by atoms with van der Waals surface area (Å²) in [5.74, 6) is 0. The number of nitrogens with zero attached hydrogens (tertiary/aromatic N) is 2. The van der Waals surface area contributed by atoms with Gasteiger partial charge in [-0.2, -0.15) is 0 Å². The van der Waals surface area contributed by atoms with Crippen molar-refractivity contribution in [3.8, 4) is 0 Å². The summed E-state index contributed by atoms with van der Waals surface area (Å²) in [6, 6.07) is 0. The summed E-state index contributed by atoms with van der Waals surface area (Å²) < 4.78 is 96.7. The molecule has 0 aliphatic carbocycles. The molecule has 0 bridgehead atoms. The lowest BCUT2D eigenvalue weighted by Gasteiger charge is -2.41. The molecule has 2 heterocycles. The van der Waals surface area contributed by atoms with Crippen LogP contribution >= 0.6 is 7.26 Å². The van der Waals surface area contributed by atoms with Gasteiger partial charge in [0.05, 0.1) is 7.26 Å². The third kappa shape index (κ3) is 3.62. The molecule has 0 saturated carbocycles. The van der Waals surface area contributed by atoms with Crippen LogP contribution in [0, 0.1) is 0 Å². The van der Waals surface area contributed by atoms with Crippen LogP contribution in [0.25, 0.3) is 8.25 Å². The lowest BCUT2D eigenvalue weighted by atomic mass is 11.8. The monoisotopic (exact) mass is 371 g/mol. The van der Waals surface area contributed by atoms with Gasteiger partial charge >= 0.3 is 0 Å². The Bertz CT molecular complexity index is 678. The number of hydrogen-bond acceptors (Lipinski definition) is 8. The maximum atomic E-state index is 11.4.